The molecule has 0 N–H and O–H groups in total. The van der Waals surface area contributed by atoms with Gasteiger partial charge in [-0.15, -0.1) is 0 Å². The van der Waals surface area contributed by atoms with Crippen LogP contribution in [0.2, 0.25) is 0 Å². The Morgan fingerprint density at radius 1 is 0.484 bits per heavy atom. The van der Waals surface area contributed by atoms with Gasteiger partial charge < -0.3 is 0 Å². The van der Waals surface area contributed by atoms with Gasteiger partial charge in [0.25, 0.3) is 0 Å². The number of hydrogen-bond donors (Lipinski definition) is 0. The van der Waals surface area contributed by atoms with E-state index in [2.05, 4.69) is 81.6 Å². The summed E-state index contributed by atoms with van der Waals surface area (Å²) in [5.74, 6) is 8.20. The third kappa shape index (κ3) is 13.9. The molecule has 31 heavy (non-hydrogen) atoms. The third-order valence-electron chi connectivity index (χ3n) is 8.07. The zero-order valence-corrected chi connectivity index (χ0v) is 25.6. The molecule has 1 heteroatoms. The van der Waals surface area contributed by atoms with Gasteiger partial charge in [-0.1, -0.05) is 81.6 Å². The number of hydrogen-bond acceptors (Lipinski definition) is 0. The maximum Gasteiger partial charge on any atom is 0 e. The standard InChI is InChI=1S/3C10H19.Sn.H2/c3*1-8(2)10-6-4-9(3)5-7-10;;/h3*6,8-10H,4-5,7H2,1-3H3;;1H/t3*9-,10-;;/m000../s1. The van der Waals surface area contributed by atoms with Crippen LogP contribution in [0.25, 0.3) is 0 Å². The van der Waals surface area contributed by atoms with Crippen LogP contribution in [0, 0.1) is 72.5 Å². The monoisotopic (exact) mass is 539 g/mol. The van der Waals surface area contributed by atoms with Crippen molar-refractivity contribution in [1.82, 2.24) is 0 Å². The van der Waals surface area contributed by atoms with Gasteiger partial charge in [0.15, 0.2) is 0 Å². The second-order valence-electron chi connectivity index (χ2n) is 12.2. The van der Waals surface area contributed by atoms with Gasteiger partial charge in [0, 0.05) is 25.3 Å². The summed E-state index contributed by atoms with van der Waals surface area (Å²) in [4.78, 5) is 0. The van der Waals surface area contributed by atoms with E-state index < -0.39 is 0 Å². The van der Waals surface area contributed by atoms with E-state index in [1.807, 2.05) is 0 Å². The van der Waals surface area contributed by atoms with Gasteiger partial charge in [-0.05, 0) is 111 Å². The van der Waals surface area contributed by atoms with Crippen molar-refractivity contribution in [1.29, 1.82) is 0 Å². The molecule has 3 rings (SSSR count). The Kier molecular flexibility index (Phi) is 17.7. The van der Waals surface area contributed by atoms with Gasteiger partial charge in [0.2, 0.25) is 0 Å². The van der Waals surface area contributed by atoms with Crippen LogP contribution in [-0.4, -0.2) is 23.9 Å². The largest absolute Gasteiger partial charge is 0.0625 e. The van der Waals surface area contributed by atoms with Crippen LogP contribution in [0.3, 0.4) is 0 Å². The molecule has 6 atom stereocenters. The van der Waals surface area contributed by atoms with E-state index in [0.29, 0.717) is 0 Å². The van der Waals surface area contributed by atoms with Crippen LogP contribution < -0.4 is 0 Å². The molecule has 3 aliphatic carbocycles. The average molecular weight is 539 g/mol. The Morgan fingerprint density at radius 3 is 0.839 bits per heavy atom. The van der Waals surface area contributed by atoms with E-state index in [4.69, 9.17) is 0 Å². The molecule has 7 radical (unpaired) electrons. The molecule has 0 aliphatic heterocycles. The Balaban J connectivity index is 0. The first kappa shape index (κ1) is 31.8. The Labute approximate surface area is 217 Å². The molecule has 183 valence electrons. The summed E-state index contributed by atoms with van der Waals surface area (Å²) in [5, 5.41) is 0. The van der Waals surface area contributed by atoms with Gasteiger partial charge in [-0.3, -0.25) is 0 Å². The summed E-state index contributed by atoms with van der Waals surface area (Å²) >= 11 is 0. The summed E-state index contributed by atoms with van der Waals surface area (Å²) in [6.45, 7) is 21.0. The van der Waals surface area contributed by atoms with Crippen LogP contribution in [0.15, 0.2) is 0 Å². The minimum absolute atomic E-state index is 0. The molecule has 0 amide bonds. The molecule has 0 aromatic heterocycles. The fourth-order valence-electron chi connectivity index (χ4n) is 5.18. The zero-order chi connectivity index (χ0) is 22.7. The first-order valence-electron chi connectivity index (χ1n) is 13.6. The Bertz CT molecular complexity index is 333. The van der Waals surface area contributed by atoms with Crippen LogP contribution in [0.1, 0.15) is 122 Å². The van der Waals surface area contributed by atoms with Crippen LogP contribution in [-0.2, 0) is 0 Å². The quantitative estimate of drug-likeness (QED) is 0.314. The summed E-state index contributed by atoms with van der Waals surface area (Å²) in [6, 6.07) is 0. The molecule has 3 fully saturated rings. The summed E-state index contributed by atoms with van der Waals surface area (Å²) in [5.41, 5.74) is 0. The molecule has 0 aromatic carbocycles. The van der Waals surface area contributed by atoms with Crippen molar-refractivity contribution in [2.75, 3.05) is 0 Å². The maximum atomic E-state index is 2.53. The van der Waals surface area contributed by atoms with Crippen LogP contribution in [0.4, 0.5) is 0 Å². The minimum Gasteiger partial charge on any atom is -0.0625 e. The van der Waals surface area contributed by atoms with E-state index >= 15 is 0 Å². The summed E-state index contributed by atoms with van der Waals surface area (Å²) < 4.78 is 0. The second kappa shape index (κ2) is 17.3. The van der Waals surface area contributed by atoms with Crippen molar-refractivity contribution in [3.63, 3.8) is 0 Å². The maximum absolute atomic E-state index is 2.53. The van der Waals surface area contributed by atoms with Crippen molar-refractivity contribution < 1.29 is 1.43 Å². The molecule has 0 heterocycles. The third-order valence-corrected chi connectivity index (χ3v) is 8.07. The van der Waals surface area contributed by atoms with Gasteiger partial charge in [-0.2, -0.15) is 0 Å². The normalized spacial score (nSPS) is 33.7. The SMILES string of the molecule is CC(C)[C@H]1[CH]C[C@H](C)CC1.CC(C)[C@H]1[CH]C[C@H](C)CC1.CC(C)[C@H]1[CH]C[C@H](C)CC1.[HH].[Sn]. The van der Waals surface area contributed by atoms with Crippen molar-refractivity contribution in [2.45, 2.75) is 120 Å². The Hall–Kier alpha value is 0.799. The number of rotatable bonds is 3. The average Bonchev–Trinajstić information content (AvgIpc) is 2.70. The zero-order valence-electron chi connectivity index (χ0n) is 22.8. The smallest absolute Gasteiger partial charge is 0 e. The predicted octanol–water partition coefficient (Wildman–Crippen LogP) is 9.71. The molecule has 0 nitrogen and oxygen atoms in total. The molecule has 3 aliphatic rings. The minimum atomic E-state index is 0. The summed E-state index contributed by atoms with van der Waals surface area (Å²) in [7, 11) is 0. The van der Waals surface area contributed by atoms with Gasteiger partial charge in [-0.25, -0.2) is 0 Å². The predicted molar refractivity (Wildman–Crippen MR) is 145 cm³/mol. The van der Waals surface area contributed by atoms with E-state index in [0.717, 1.165) is 53.3 Å². The molecule has 0 unspecified atom stereocenters. The molecule has 0 bridgehead atoms. The molecule has 0 saturated heterocycles. The van der Waals surface area contributed by atoms with Crippen LogP contribution in [0.5, 0.6) is 0 Å². The van der Waals surface area contributed by atoms with Crippen molar-refractivity contribution >= 4 is 23.9 Å². The first-order valence-corrected chi connectivity index (χ1v) is 13.6. The fraction of sp³-hybridized carbons (Fsp3) is 0.900. The molecular formula is C30H59Sn. The summed E-state index contributed by atoms with van der Waals surface area (Å²) in [6.07, 6.45) is 20.2. The van der Waals surface area contributed by atoms with E-state index in [1.54, 1.807) is 0 Å². The van der Waals surface area contributed by atoms with E-state index in [1.165, 1.54) is 57.8 Å². The fourth-order valence-corrected chi connectivity index (χ4v) is 5.18. The van der Waals surface area contributed by atoms with Crippen molar-refractivity contribution in [2.24, 2.45) is 53.3 Å². The Morgan fingerprint density at radius 2 is 0.710 bits per heavy atom. The van der Waals surface area contributed by atoms with Crippen LogP contribution >= 0.6 is 0 Å². The molecule has 0 spiro atoms. The van der Waals surface area contributed by atoms with Gasteiger partial charge in [0.05, 0.1) is 0 Å². The topological polar surface area (TPSA) is 0 Å². The van der Waals surface area contributed by atoms with Crippen molar-refractivity contribution in [3.05, 3.63) is 19.3 Å². The molecule has 3 saturated carbocycles. The second-order valence-corrected chi connectivity index (χ2v) is 12.2. The van der Waals surface area contributed by atoms with E-state index in [9.17, 15) is 0 Å². The molecule has 0 aromatic rings. The van der Waals surface area contributed by atoms with Gasteiger partial charge >= 0.3 is 0 Å². The van der Waals surface area contributed by atoms with E-state index in [-0.39, 0.29) is 25.3 Å². The first-order chi connectivity index (χ1) is 14.1. The van der Waals surface area contributed by atoms with Gasteiger partial charge in [0.1, 0.15) is 0 Å². The van der Waals surface area contributed by atoms with Crippen molar-refractivity contribution in [3.8, 4) is 0 Å². The molecular weight excluding hydrogens is 479 g/mol.